The molecule has 3 N–H and O–H groups in total. The average Bonchev–Trinajstić information content (AvgIpc) is 2.61. The van der Waals surface area contributed by atoms with Gasteiger partial charge in [-0.3, -0.25) is 5.32 Å². The molecule has 0 saturated carbocycles. The minimum atomic E-state index is -4.28. The molecule has 10 heteroatoms. The summed E-state index contributed by atoms with van der Waals surface area (Å²) in [6.45, 7) is 4.48. The van der Waals surface area contributed by atoms with E-state index in [1.54, 1.807) is 75.4 Å². The number of ether oxygens (including phenoxy) is 1. The topological polar surface area (TPSA) is 128 Å². The van der Waals surface area contributed by atoms with Crippen LogP contribution in [0.3, 0.4) is 0 Å². The molecule has 0 unspecified atom stereocenters. The number of carbonyl (C=O) groups excluding carboxylic acids is 2. The van der Waals surface area contributed by atoms with Crippen LogP contribution >= 0.6 is 0 Å². The van der Waals surface area contributed by atoms with Crippen molar-refractivity contribution in [2.75, 3.05) is 5.32 Å². The maximum atomic E-state index is 12.0. The van der Waals surface area contributed by atoms with E-state index in [9.17, 15) is 18.0 Å². The Morgan fingerprint density at radius 2 is 1.62 bits per heavy atom. The lowest BCUT2D eigenvalue weighted by Crippen LogP contribution is -2.40. The number of nitrogens with zero attached hydrogens (tertiary/aromatic N) is 1. The first-order chi connectivity index (χ1) is 13.4. The van der Waals surface area contributed by atoms with Crippen LogP contribution < -0.4 is 15.2 Å². The van der Waals surface area contributed by atoms with Gasteiger partial charge in [-0.25, -0.2) is 14.7 Å². The van der Waals surface area contributed by atoms with Crippen molar-refractivity contribution < 1.29 is 27.6 Å². The van der Waals surface area contributed by atoms with Gasteiger partial charge in [0.25, 0.3) is 0 Å². The molecule has 0 aliphatic heterocycles. The molecule has 0 radical (unpaired) electrons. The van der Waals surface area contributed by atoms with E-state index in [0.29, 0.717) is 21.5 Å². The normalized spacial score (nSPS) is 11.8. The number of nitrogens with two attached hydrogens (primary N) is 1. The Kier molecular flexibility index (Phi) is 6.96. The molecule has 0 bridgehead atoms. The maximum absolute atomic E-state index is 12.0. The molecular weight excluding hydrogens is 398 g/mol. The third-order valence-electron chi connectivity index (χ3n) is 3.55. The van der Waals surface area contributed by atoms with Crippen LogP contribution in [0.2, 0.25) is 0 Å². The van der Waals surface area contributed by atoms with Gasteiger partial charge >= 0.3 is 22.3 Å². The average molecular weight is 421 g/mol. The zero-order valence-corrected chi connectivity index (χ0v) is 17.1. The van der Waals surface area contributed by atoms with Crippen LogP contribution in [0.5, 0.6) is 5.75 Å². The number of nitrogens with one attached hydrogen (secondary N) is 1. The van der Waals surface area contributed by atoms with Gasteiger partial charge in [0, 0.05) is 5.69 Å². The van der Waals surface area contributed by atoms with E-state index in [2.05, 4.69) is 5.32 Å². The molecule has 9 nitrogen and oxygen atoms in total. The molecule has 0 saturated heterocycles. The molecule has 0 fully saturated rings. The third-order valence-corrected chi connectivity index (χ3v) is 4.32. The fourth-order valence-corrected chi connectivity index (χ4v) is 2.49. The van der Waals surface area contributed by atoms with Crippen LogP contribution in [0, 0.1) is 5.41 Å². The summed E-state index contributed by atoms with van der Waals surface area (Å²) in [6.07, 6.45) is -0.672. The molecule has 2 aromatic carbocycles. The highest BCUT2D eigenvalue weighted by Gasteiger charge is 2.30. The number of anilines is 1. The molecule has 0 aliphatic rings. The van der Waals surface area contributed by atoms with Gasteiger partial charge in [0.1, 0.15) is 5.75 Å². The second kappa shape index (κ2) is 9.03. The monoisotopic (exact) mass is 421 g/mol. The van der Waals surface area contributed by atoms with E-state index in [4.69, 9.17) is 14.7 Å². The molecule has 29 heavy (non-hydrogen) atoms. The molecule has 0 aliphatic carbocycles. The molecular formula is C19H23N3O6S. The molecule has 0 aromatic heterocycles. The molecule has 1 amide bonds. The van der Waals surface area contributed by atoms with E-state index in [0.717, 1.165) is 0 Å². The largest absolute Gasteiger partial charge is 0.417 e. The Morgan fingerprint density at radius 1 is 1.03 bits per heavy atom. The van der Waals surface area contributed by atoms with Crippen LogP contribution in [0.15, 0.2) is 54.6 Å². The number of benzene rings is 2. The summed E-state index contributed by atoms with van der Waals surface area (Å²) in [6, 6.07) is 14.8. The fraction of sp³-hybridized carbons (Fsp3) is 0.263. The summed E-state index contributed by atoms with van der Waals surface area (Å²) < 4.78 is 29.0. The number of rotatable bonds is 6. The Morgan fingerprint density at radius 3 is 2.14 bits per heavy atom. The van der Waals surface area contributed by atoms with Crippen LogP contribution in [0.1, 0.15) is 26.3 Å². The van der Waals surface area contributed by atoms with E-state index in [1.807, 2.05) is 0 Å². The third kappa shape index (κ3) is 7.18. The van der Waals surface area contributed by atoms with Gasteiger partial charge in [0.05, 0.1) is 12.0 Å². The first-order valence-electron chi connectivity index (χ1n) is 8.61. The predicted molar refractivity (Wildman–Crippen MR) is 107 cm³/mol. The summed E-state index contributed by atoms with van der Waals surface area (Å²) in [5, 5.41) is 7.69. The lowest BCUT2D eigenvalue weighted by atomic mass is 9.98. The Bertz CT molecular complexity index is 954. The van der Waals surface area contributed by atoms with Crippen LogP contribution in [0.25, 0.3) is 0 Å². The summed E-state index contributed by atoms with van der Waals surface area (Å²) in [4.78, 5) is 28.8. The number of amides is 1. The number of hydrogen-bond donors (Lipinski definition) is 2. The van der Waals surface area contributed by atoms with E-state index >= 15 is 0 Å². The molecule has 2 rings (SSSR count). The number of hydrogen-bond acceptors (Lipinski definition) is 6. The SMILES string of the molecule is CC(C)(C)C(=O)ON(Cc1ccc(NC(=O)Oc2ccccc2)cc1)S(N)(=O)=O. The molecule has 0 atom stereocenters. The van der Waals surface area contributed by atoms with Gasteiger partial charge < -0.3 is 9.57 Å². The van der Waals surface area contributed by atoms with Crippen molar-refractivity contribution >= 4 is 28.0 Å². The molecule has 0 heterocycles. The maximum Gasteiger partial charge on any atom is 0.417 e. The second-order valence-corrected chi connectivity index (χ2v) is 8.60. The summed E-state index contributed by atoms with van der Waals surface area (Å²) in [7, 11) is -4.28. The quantitative estimate of drug-likeness (QED) is 0.690. The lowest BCUT2D eigenvalue weighted by Gasteiger charge is -2.23. The van der Waals surface area contributed by atoms with Crippen LogP contribution in [-0.4, -0.2) is 24.9 Å². The van der Waals surface area contributed by atoms with Gasteiger partial charge in [-0.1, -0.05) is 30.3 Å². The van der Waals surface area contributed by atoms with Gasteiger partial charge in [-0.2, -0.15) is 8.42 Å². The highest BCUT2D eigenvalue weighted by atomic mass is 32.2. The highest BCUT2D eigenvalue weighted by molar-refractivity contribution is 7.86. The van der Waals surface area contributed by atoms with Crippen molar-refractivity contribution in [2.45, 2.75) is 27.3 Å². The summed E-state index contributed by atoms with van der Waals surface area (Å²) >= 11 is 0. The van der Waals surface area contributed by atoms with Crippen molar-refractivity contribution in [2.24, 2.45) is 10.6 Å². The number of para-hydroxylation sites is 1. The lowest BCUT2D eigenvalue weighted by molar-refractivity contribution is -0.181. The van der Waals surface area contributed by atoms with Crippen LogP contribution in [-0.2, 0) is 26.4 Å². The highest BCUT2D eigenvalue weighted by Crippen LogP contribution is 2.19. The van der Waals surface area contributed by atoms with Crippen molar-refractivity contribution in [1.82, 2.24) is 4.47 Å². The van der Waals surface area contributed by atoms with E-state index in [1.165, 1.54) is 0 Å². The summed E-state index contributed by atoms with van der Waals surface area (Å²) in [5.74, 6) is -0.348. The Labute approximate surface area is 169 Å². The molecule has 0 spiro atoms. The van der Waals surface area contributed by atoms with Crippen molar-refractivity contribution in [3.63, 3.8) is 0 Å². The van der Waals surface area contributed by atoms with E-state index < -0.39 is 27.7 Å². The zero-order chi connectivity index (χ0) is 21.7. The van der Waals surface area contributed by atoms with Gasteiger partial charge in [-0.05, 0) is 55.1 Å². The Balaban J connectivity index is 2.02. The fourth-order valence-electron chi connectivity index (χ4n) is 1.99. The summed E-state index contributed by atoms with van der Waals surface area (Å²) in [5.41, 5.74) is 0.0155. The van der Waals surface area contributed by atoms with Crippen molar-refractivity contribution in [1.29, 1.82) is 0 Å². The number of carbonyl (C=O) groups is 2. The van der Waals surface area contributed by atoms with Crippen molar-refractivity contribution in [3.8, 4) is 5.75 Å². The minimum Gasteiger partial charge on any atom is -0.410 e. The Hall–Kier alpha value is -2.95. The van der Waals surface area contributed by atoms with E-state index in [-0.39, 0.29) is 6.54 Å². The van der Waals surface area contributed by atoms with Gasteiger partial charge in [0.2, 0.25) is 0 Å². The van der Waals surface area contributed by atoms with Crippen LogP contribution in [0.4, 0.5) is 10.5 Å². The standard InChI is InChI=1S/C19H23N3O6S/c1-19(2,3)17(23)28-22(29(20,25)26)13-14-9-11-15(12-10-14)21-18(24)27-16-7-5-4-6-8-16/h4-12H,13H2,1-3H3,(H,21,24)(H2,20,25,26). The first kappa shape index (κ1) is 22.3. The number of hydroxylamine groups is 1. The second-order valence-electron chi connectivity index (χ2n) is 7.16. The molecule has 156 valence electrons. The predicted octanol–water partition coefficient (Wildman–Crippen LogP) is 2.81. The van der Waals surface area contributed by atoms with Gasteiger partial charge in [-0.15, -0.1) is 0 Å². The smallest absolute Gasteiger partial charge is 0.410 e. The van der Waals surface area contributed by atoms with Gasteiger partial charge in [0.15, 0.2) is 0 Å². The van der Waals surface area contributed by atoms with Crippen molar-refractivity contribution in [3.05, 3.63) is 60.2 Å². The minimum absolute atomic E-state index is 0.282. The molecule has 2 aromatic rings. The first-order valence-corrected chi connectivity index (χ1v) is 10.1. The zero-order valence-electron chi connectivity index (χ0n) is 16.3.